The van der Waals surface area contributed by atoms with E-state index in [1.54, 1.807) is 7.05 Å². The molecule has 0 fully saturated rings. The lowest BCUT2D eigenvalue weighted by molar-refractivity contribution is 0.0740. The predicted octanol–water partition coefficient (Wildman–Crippen LogP) is 3.03. The molecule has 1 N–H and O–H groups in total. The summed E-state index contributed by atoms with van der Waals surface area (Å²) >= 11 is 0. The Morgan fingerprint density at radius 3 is 2.56 bits per heavy atom. The van der Waals surface area contributed by atoms with Gasteiger partial charge in [-0.15, -0.1) is 10.2 Å². The summed E-state index contributed by atoms with van der Waals surface area (Å²) in [5.74, 6) is 0.117. The minimum atomic E-state index is -0.320. The van der Waals surface area contributed by atoms with E-state index < -0.39 is 0 Å². The minimum absolute atomic E-state index is 0.00442. The van der Waals surface area contributed by atoms with Gasteiger partial charge >= 0.3 is 11.8 Å². The summed E-state index contributed by atoms with van der Waals surface area (Å²) < 4.78 is 5.50. The van der Waals surface area contributed by atoms with Crippen molar-refractivity contribution in [3.05, 3.63) is 53.9 Å². The summed E-state index contributed by atoms with van der Waals surface area (Å²) in [6.45, 7) is 6.22. The molecular weight excluding hydrogens is 318 g/mol. The number of hydrogen-bond acceptors (Lipinski definition) is 5. The van der Waals surface area contributed by atoms with Crippen molar-refractivity contribution in [1.29, 1.82) is 0 Å². The van der Waals surface area contributed by atoms with Crippen LogP contribution < -0.4 is 0 Å². The molecule has 25 heavy (non-hydrogen) atoms. The first kappa shape index (κ1) is 16.9. The second-order valence-electron chi connectivity index (χ2n) is 6.97. The smallest absolute Gasteiger partial charge is 0.311 e. The van der Waals surface area contributed by atoms with Crippen LogP contribution in [0.25, 0.3) is 11.3 Å². The maximum absolute atomic E-state index is 12.5. The Kier molecular flexibility index (Phi) is 4.39. The van der Waals surface area contributed by atoms with Crippen LogP contribution in [0.15, 0.2) is 40.8 Å². The molecule has 0 spiro atoms. The van der Waals surface area contributed by atoms with E-state index in [9.17, 15) is 4.79 Å². The first-order valence-electron chi connectivity index (χ1n) is 8.04. The van der Waals surface area contributed by atoms with Crippen molar-refractivity contribution < 1.29 is 9.21 Å². The molecule has 0 saturated carbocycles. The van der Waals surface area contributed by atoms with Gasteiger partial charge in [0, 0.05) is 18.0 Å². The van der Waals surface area contributed by atoms with Gasteiger partial charge in [0.25, 0.3) is 0 Å². The topological polar surface area (TPSA) is 87.9 Å². The molecule has 0 radical (unpaired) electrons. The lowest BCUT2D eigenvalue weighted by atomic mass is 9.97. The second-order valence-corrected chi connectivity index (χ2v) is 6.97. The first-order chi connectivity index (χ1) is 11.8. The lowest BCUT2D eigenvalue weighted by Crippen LogP contribution is -2.26. The maximum Gasteiger partial charge on any atom is 0.311 e. The fraction of sp³-hybridized carbons (Fsp3) is 0.333. The number of carbonyl (C=O) groups is 1. The standard InChI is InChI=1S/C18H21N5O2/c1-18(2,3)17-22-21-15(25-17)16(24)23(4)11-13-10-14(20-19-13)12-8-6-5-7-9-12/h5-10H,11H2,1-4H3,(H,19,20). The van der Waals surface area contributed by atoms with Crippen LogP contribution in [0.5, 0.6) is 0 Å². The van der Waals surface area contributed by atoms with Gasteiger partial charge in [-0.05, 0) is 6.07 Å². The van der Waals surface area contributed by atoms with Gasteiger partial charge in [-0.2, -0.15) is 5.10 Å². The molecule has 0 aliphatic heterocycles. The Balaban J connectivity index is 1.70. The first-order valence-corrected chi connectivity index (χ1v) is 8.04. The molecule has 7 heteroatoms. The maximum atomic E-state index is 12.5. The van der Waals surface area contributed by atoms with Gasteiger partial charge < -0.3 is 9.32 Å². The largest absolute Gasteiger partial charge is 0.416 e. The monoisotopic (exact) mass is 339 g/mol. The van der Waals surface area contributed by atoms with Crippen molar-refractivity contribution in [1.82, 2.24) is 25.3 Å². The minimum Gasteiger partial charge on any atom is -0.416 e. The van der Waals surface area contributed by atoms with Crippen LogP contribution in [-0.4, -0.2) is 38.2 Å². The Bertz CT molecular complexity index is 861. The van der Waals surface area contributed by atoms with Crippen molar-refractivity contribution in [2.24, 2.45) is 0 Å². The van der Waals surface area contributed by atoms with E-state index in [-0.39, 0.29) is 17.2 Å². The third-order valence-electron chi connectivity index (χ3n) is 3.70. The summed E-state index contributed by atoms with van der Waals surface area (Å²) in [6, 6.07) is 11.8. The van der Waals surface area contributed by atoms with Gasteiger partial charge in [0.2, 0.25) is 5.89 Å². The highest BCUT2D eigenvalue weighted by Crippen LogP contribution is 2.21. The molecule has 0 unspecified atom stereocenters. The van der Waals surface area contributed by atoms with Crippen LogP contribution in [0.2, 0.25) is 0 Å². The average molecular weight is 339 g/mol. The van der Waals surface area contributed by atoms with Crippen molar-refractivity contribution in [2.45, 2.75) is 32.7 Å². The molecular formula is C18H21N5O2. The summed E-state index contributed by atoms with van der Waals surface area (Å²) in [6.07, 6.45) is 0. The fourth-order valence-corrected chi connectivity index (χ4v) is 2.30. The van der Waals surface area contributed by atoms with Crippen LogP contribution in [0.4, 0.5) is 0 Å². The van der Waals surface area contributed by atoms with Gasteiger partial charge in [-0.3, -0.25) is 9.89 Å². The van der Waals surface area contributed by atoms with Gasteiger partial charge in [0.1, 0.15) is 0 Å². The fourth-order valence-electron chi connectivity index (χ4n) is 2.30. The Morgan fingerprint density at radius 1 is 1.20 bits per heavy atom. The number of nitrogens with zero attached hydrogens (tertiary/aromatic N) is 4. The molecule has 1 aromatic carbocycles. The van der Waals surface area contributed by atoms with E-state index >= 15 is 0 Å². The molecule has 7 nitrogen and oxygen atoms in total. The number of benzene rings is 1. The van der Waals surface area contributed by atoms with E-state index in [2.05, 4.69) is 20.4 Å². The van der Waals surface area contributed by atoms with Gasteiger partial charge in [-0.1, -0.05) is 51.1 Å². The molecule has 0 aliphatic carbocycles. The number of aromatic nitrogens is 4. The van der Waals surface area contributed by atoms with Gasteiger partial charge in [-0.25, -0.2) is 0 Å². The normalized spacial score (nSPS) is 11.5. The van der Waals surface area contributed by atoms with E-state index in [0.29, 0.717) is 12.4 Å². The summed E-state index contributed by atoms with van der Waals surface area (Å²) in [5.41, 5.74) is 2.39. The third kappa shape index (κ3) is 3.76. The number of rotatable bonds is 4. The molecule has 2 heterocycles. The highest BCUT2D eigenvalue weighted by Gasteiger charge is 2.25. The number of aromatic amines is 1. The summed E-state index contributed by atoms with van der Waals surface area (Å²) in [5, 5.41) is 15.1. The molecule has 3 aromatic rings. The van der Waals surface area contributed by atoms with Crippen molar-refractivity contribution >= 4 is 5.91 Å². The van der Waals surface area contributed by atoms with E-state index in [4.69, 9.17) is 4.42 Å². The number of H-pyrrole nitrogens is 1. The van der Waals surface area contributed by atoms with E-state index in [0.717, 1.165) is 17.0 Å². The van der Waals surface area contributed by atoms with Crippen LogP contribution in [0.3, 0.4) is 0 Å². The SMILES string of the molecule is CN(Cc1cc(-c2ccccc2)n[nH]1)C(=O)c1nnc(C(C)(C)C)o1. The molecule has 130 valence electrons. The highest BCUT2D eigenvalue weighted by atomic mass is 16.4. The van der Waals surface area contributed by atoms with E-state index in [1.165, 1.54) is 4.90 Å². The van der Waals surface area contributed by atoms with Crippen molar-refractivity contribution in [2.75, 3.05) is 7.05 Å². The lowest BCUT2D eigenvalue weighted by Gasteiger charge is -2.14. The molecule has 0 aliphatic rings. The van der Waals surface area contributed by atoms with Gasteiger partial charge in [0.15, 0.2) is 0 Å². The molecule has 3 rings (SSSR count). The molecule has 2 aromatic heterocycles. The van der Waals surface area contributed by atoms with Crippen molar-refractivity contribution in [3.8, 4) is 11.3 Å². The van der Waals surface area contributed by atoms with Crippen LogP contribution in [-0.2, 0) is 12.0 Å². The predicted molar refractivity (Wildman–Crippen MR) is 92.8 cm³/mol. The number of amides is 1. The number of carbonyl (C=O) groups excluding carboxylic acids is 1. The zero-order valence-corrected chi connectivity index (χ0v) is 14.8. The van der Waals surface area contributed by atoms with Gasteiger partial charge in [0.05, 0.1) is 17.9 Å². The second kappa shape index (κ2) is 6.51. The Hall–Kier alpha value is -2.96. The third-order valence-corrected chi connectivity index (χ3v) is 3.70. The zero-order chi connectivity index (χ0) is 18.0. The quantitative estimate of drug-likeness (QED) is 0.789. The average Bonchev–Trinajstić information content (AvgIpc) is 3.24. The summed E-state index contributed by atoms with van der Waals surface area (Å²) in [7, 11) is 1.69. The molecule has 1 amide bonds. The van der Waals surface area contributed by atoms with E-state index in [1.807, 2.05) is 57.2 Å². The Labute approximate surface area is 146 Å². The van der Waals surface area contributed by atoms with Crippen LogP contribution in [0, 0.1) is 0 Å². The number of hydrogen-bond donors (Lipinski definition) is 1. The number of nitrogens with one attached hydrogen (secondary N) is 1. The Morgan fingerprint density at radius 2 is 1.92 bits per heavy atom. The molecule has 0 saturated heterocycles. The molecule has 0 bridgehead atoms. The summed E-state index contributed by atoms with van der Waals surface area (Å²) in [4.78, 5) is 14.0. The highest BCUT2D eigenvalue weighted by molar-refractivity contribution is 5.89. The molecule has 0 atom stereocenters. The van der Waals surface area contributed by atoms with Crippen LogP contribution in [0.1, 0.15) is 43.0 Å². The van der Waals surface area contributed by atoms with Crippen molar-refractivity contribution in [3.63, 3.8) is 0 Å². The zero-order valence-electron chi connectivity index (χ0n) is 14.8. The van der Waals surface area contributed by atoms with Crippen LogP contribution >= 0.6 is 0 Å².